The van der Waals surface area contributed by atoms with Gasteiger partial charge in [-0.15, -0.1) is 0 Å². The minimum absolute atomic E-state index is 1.17. The highest BCUT2D eigenvalue weighted by Crippen LogP contribution is 1.88. The second-order valence-corrected chi connectivity index (χ2v) is 3.31. The molecule has 0 aliphatic carbocycles. The Bertz CT molecular complexity index is 69.3. The molecule has 0 aromatic rings. The highest BCUT2D eigenvalue weighted by atomic mass is 28.1. The van der Waals surface area contributed by atoms with Gasteiger partial charge in [-0.2, -0.15) is 0 Å². The van der Waals surface area contributed by atoms with Crippen molar-refractivity contribution in [2.24, 2.45) is 0 Å². The van der Waals surface area contributed by atoms with Gasteiger partial charge < -0.3 is 4.90 Å². The quantitative estimate of drug-likeness (QED) is 0.512. The molecule has 1 aliphatic rings. The van der Waals surface area contributed by atoms with Gasteiger partial charge in [0.2, 0.25) is 0 Å². The molecule has 3 radical (unpaired) electrons. The lowest BCUT2D eigenvalue weighted by molar-refractivity contribution is -0.887. The van der Waals surface area contributed by atoms with E-state index < -0.39 is 0 Å². The van der Waals surface area contributed by atoms with Gasteiger partial charge in [0, 0.05) is 23.1 Å². The van der Waals surface area contributed by atoms with E-state index in [9.17, 15) is 0 Å². The van der Waals surface area contributed by atoms with E-state index in [-0.39, 0.29) is 0 Å². The number of hydrogen-bond donors (Lipinski definition) is 1. The Balaban J connectivity index is 1.98. The van der Waals surface area contributed by atoms with E-state index in [0.717, 1.165) is 0 Å². The molecule has 51 valence electrons. The second-order valence-electron chi connectivity index (χ2n) is 2.81. The SMILES string of the molecule is [Si]CCC[NH+]1CCCC1. The van der Waals surface area contributed by atoms with Gasteiger partial charge in [0.1, 0.15) is 0 Å². The van der Waals surface area contributed by atoms with Gasteiger partial charge in [0.15, 0.2) is 0 Å². The molecule has 9 heavy (non-hydrogen) atoms. The highest BCUT2D eigenvalue weighted by Gasteiger charge is 2.13. The van der Waals surface area contributed by atoms with E-state index in [2.05, 4.69) is 10.2 Å². The van der Waals surface area contributed by atoms with Crippen molar-refractivity contribution in [3.63, 3.8) is 0 Å². The normalized spacial score (nSPS) is 21.0. The summed E-state index contributed by atoms with van der Waals surface area (Å²) in [5.41, 5.74) is 0. The highest BCUT2D eigenvalue weighted by molar-refractivity contribution is 6.08. The van der Waals surface area contributed by atoms with Gasteiger partial charge >= 0.3 is 0 Å². The van der Waals surface area contributed by atoms with Crippen LogP contribution in [0.3, 0.4) is 0 Å². The summed E-state index contributed by atoms with van der Waals surface area (Å²) in [5.74, 6) is 0. The monoisotopic (exact) mass is 141 g/mol. The van der Waals surface area contributed by atoms with Crippen molar-refractivity contribution >= 4 is 10.2 Å². The van der Waals surface area contributed by atoms with Crippen molar-refractivity contribution in [1.82, 2.24) is 0 Å². The third-order valence-corrected chi connectivity index (χ3v) is 2.37. The van der Waals surface area contributed by atoms with Crippen LogP contribution in [0.4, 0.5) is 0 Å². The summed E-state index contributed by atoms with van der Waals surface area (Å²) < 4.78 is 0. The fraction of sp³-hybridized carbons (Fsp3) is 1.00. The molecular weight excluding hydrogens is 126 g/mol. The molecule has 1 nitrogen and oxygen atoms in total. The lowest BCUT2D eigenvalue weighted by Gasteiger charge is -2.09. The second kappa shape index (κ2) is 4.07. The van der Waals surface area contributed by atoms with Crippen LogP contribution in [0.15, 0.2) is 0 Å². The van der Waals surface area contributed by atoms with Crippen LogP contribution >= 0.6 is 0 Å². The Morgan fingerprint density at radius 3 is 2.44 bits per heavy atom. The molecule has 0 unspecified atom stereocenters. The maximum atomic E-state index is 3.49. The summed E-state index contributed by atoms with van der Waals surface area (Å²) in [7, 11) is 3.49. The first-order valence-electron chi connectivity index (χ1n) is 3.91. The van der Waals surface area contributed by atoms with Gasteiger partial charge in [0.25, 0.3) is 0 Å². The fourth-order valence-corrected chi connectivity index (χ4v) is 1.64. The van der Waals surface area contributed by atoms with Gasteiger partial charge in [-0.05, 0) is 6.42 Å². The van der Waals surface area contributed by atoms with Crippen LogP contribution in [0.25, 0.3) is 0 Å². The molecule has 0 atom stereocenters. The first-order chi connectivity index (χ1) is 4.43. The molecule has 1 saturated heterocycles. The number of quaternary nitrogens is 1. The predicted octanol–water partition coefficient (Wildman–Crippen LogP) is -0.358. The molecule has 0 spiro atoms. The minimum Gasteiger partial charge on any atom is -0.335 e. The van der Waals surface area contributed by atoms with E-state index >= 15 is 0 Å². The molecule has 1 N–H and O–H groups in total. The van der Waals surface area contributed by atoms with Crippen molar-refractivity contribution < 1.29 is 4.90 Å². The third-order valence-electron chi connectivity index (χ3n) is 2.02. The largest absolute Gasteiger partial charge is 0.335 e. The Kier molecular flexibility index (Phi) is 3.29. The summed E-state index contributed by atoms with van der Waals surface area (Å²) in [6, 6.07) is 1.17. The maximum absolute atomic E-state index is 3.49. The van der Waals surface area contributed by atoms with Crippen LogP contribution in [0, 0.1) is 0 Å². The topological polar surface area (TPSA) is 4.44 Å². The number of nitrogens with one attached hydrogen (secondary N) is 1. The number of rotatable bonds is 3. The molecular formula is C7H15NSi+. The molecule has 1 rings (SSSR count). The van der Waals surface area contributed by atoms with Crippen molar-refractivity contribution in [1.29, 1.82) is 0 Å². The first kappa shape index (κ1) is 7.29. The van der Waals surface area contributed by atoms with Crippen LogP contribution in [0.1, 0.15) is 19.3 Å². The first-order valence-corrected chi connectivity index (χ1v) is 4.62. The van der Waals surface area contributed by atoms with Crippen molar-refractivity contribution in [2.45, 2.75) is 25.3 Å². The minimum atomic E-state index is 1.17. The number of likely N-dealkylation sites (tertiary alicyclic amines) is 1. The van der Waals surface area contributed by atoms with Crippen molar-refractivity contribution in [3.8, 4) is 0 Å². The maximum Gasteiger partial charge on any atom is 0.0773 e. The van der Waals surface area contributed by atoms with E-state index in [1.807, 2.05) is 4.90 Å². The Labute approximate surface area is 60.9 Å². The average Bonchev–Trinajstić information content (AvgIpc) is 2.34. The van der Waals surface area contributed by atoms with Crippen molar-refractivity contribution in [3.05, 3.63) is 0 Å². The molecule has 0 aromatic heterocycles. The molecule has 0 saturated carbocycles. The molecule has 0 aromatic carbocycles. The molecule has 0 amide bonds. The summed E-state index contributed by atoms with van der Waals surface area (Å²) in [4.78, 5) is 1.81. The summed E-state index contributed by atoms with van der Waals surface area (Å²) in [5, 5.41) is 0. The van der Waals surface area contributed by atoms with Gasteiger partial charge in [0.05, 0.1) is 19.6 Å². The van der Waals surface area contributed by atoms with E-state index in [0.29, 0.717) is 0 Å². The molecule has 2 heteroatoms. The van der Waals surface area contributed by atoms with E-state index in [1.165, 1.54) is 44.9 Å². The van der Waals surface area contributed by atoms with Crippen LogP contribution in [-0.2, 0) is 0 Å². The summed E-state index contributed by atoms with van der Waals surface area (Å²) in [6.07, 6.45) is 4.25. The molecule has 1 fully saturated rings. The van der Waals surface area contributed by atoms with Crippen LogP contribution in [-0.4, -0.2) is 29.9 Å². The van der Waals surface area contributed by atoms with Crippen LogP contribution < -0.4 is 4.90 Å². The number of hydrogen-bond acceptors (Lipinski definition) is 0. The lowest BCUT2D eigenvalue weighted by Crippen LogP contribution is -3.09. The zero-order valence-electron chi connectivity index (χ0n) is 5.95. The molecule has 1 heterocycles. The van der Waals surface area contributed by atoms with E-state index in [4.69, 9.17) is 0 Å². The zero-order chi connectivity index (χ0) is 6.53. The third kappa shape index (κ3) is 2.50. The van der Waals surface area contributed by atoms with Gasteiger partial charge in [-0.3, -0.25) is 0 Å². The Morgan fingerprint density at radius 2 is 1.89 bits per heavy atom. The molecule has 1 aliphatic heterocycles. The average molecular weight is 141 g/mol. The lowest BCUT2D eigenvalue weighted by atomic mass is 10.4. The van der Waals surface area contributed by atoms with Crippen LogP contribution in [0.5, 0.6) is 0 Å². The Morgan fingerprint density at radius 1 is 1.22 bits per heavy atom. The van der Waals surface area contributed by atoms with E-state index in [1.54, 1.807) is 0 Å². The van der Waals surface area contributed by atoms with Crippen LogP contribution in [0.2, 0.25) is 6.04 Å². The smallest absolute Gasteiger partial charge is 0.0773 e. The van der Waals surface area contributed by atoms with Gasteiger partial charge in [-0.25, -0.2) is 0 Å². The standard InChI is InChI=1S/C7H14NSi/c9-7-3-6-8-4-1-2-5-8/h1-7H2/p+1. The molecule has 0 bridgehead atoms. The zero-order valence-corrected chi connectivity index (χ0v) is 6.95. The summed E-state index contributed by atoms with van der Waals surface area (Å²) >= 11 is 0. The Hall–Kier alpha value is 0.177. The summed E-state index contributed by atoms with van der Waals surface area (Å²) in [6.45, 7) is 4.22. The van der Waals surface area contributed by atoms with Crippen molar-refractivity contribution in [2.75, 3.05) is 19.6 Å². The van der Waals surface area contributed by atoms with Gasteiger partial charge in [-0.1, -0.05) is 6.04 Å². The fourth-order valence-electron chi connectivity index (χ4n) is 1.46. The predicted molar refractivity (Wildman–Crippen MR) is 40.0 cm³/mol.